The number of aliphatic hydroxyl groups is 1. The van der Waals surface area contributed by atoms with Gasteiger partial charge < -0.3 is 66.2 Å². The first-order valence-corrected chi connectivity index (χ1v) is 31.2. The minimum Gasteiger partial charge on any atom is -0.478 e. The fraction of sp³-hybridized carbons (Fsp3) is 0.766. The van der Waals surface area contributed by atoms with Gasteiger partial charge >= 0.3 is 5.97 Å². The third kappa shape index (κ3) is 24.9. The number of carbonyl (C=O) groups excluding carboxylic acids is 10. The van der Waals surface area contributed by atoms with Crippen LogP contribution in [0.15, 0.2) is 24.3 Å². The summed E-state index contributed by atoms with van der Waals surface area (Å²) in [6.07, 6.45) is 5.50. The molecule has 0 aromatic rings. The molecular weight excluding hydrogens is 1130 g/mol. The maximum atomic E-state index is 15.1. The lowest BCUT2D eigenvalue weighted by molar-refractivity contribution is -0.157. The van der Waals surface area contributed by atoms with Crippen molar-refractivity contribution >= 4 is 65.0 Å². The normalized spacial score (nSPS) is 16.0. The van der Waals surface area contributed by atoms with Crippen LogP contribution in [0.1, 0.15) is 156 Å². The van der Waals surface area contributed by atoms with E-state index in [1.807, 2.05) is 55.4 Å². The lowest BCUT2D eigenvalue weighted by Gasteiger charge is -2.41. The van der Waals surface area contributed by atoms with Crippen molar-refractivity contribution in [2.24, 2.45) is 47.2 Å². The average molecular weight is 1250 g/mol. The Labute approximate surface area is 526 Å². The van der Waals surface area contributed by atoms with Gasteiger partial charge in [0.2, 0.25) is 59.1 Å². The minimum absolute atomic E-state index is 0.00797. The molecule has 0 fully saturated rings. The van der Waals surface area contributed by atoms with Gasteiger partial charge in [0, 0.05) is 61.5 Å². The van der Waals surface area contributed by atoms with Gasteiger partial charge in [0.15, 0.2) is 0 Å². The first-order valence-electron chi connectivity index (χ1n) is 31.2. The van der Waals surface area contributed by atoms with E-state index in [1.165, 1.54) is 86.8 Å². The SMILES string of the molecule is C/C=C/C[C@@H](C)[C@@H](O)[C@@H](C(=O)N[C@@H](CC)C(=O)N(C)CC(=O)N(C)[C@@H](CC(C)C)C(=O)N[C@H](C(=O)N(C)[C@@H](CC(C)C)C(=O)N[C@@H](C)/C=C/C(=O)O)C(C)C)N(C)C(=O)[C@H](C(C)C)N(C)C(=O)[C@H](CC(C)C)N(C)C(=O)[C@H](CC(C)C)N(C)C(=O)[C@@H](C)N. The number of hydrogen-bond acceptors (Lipinski definition) is 13. The zero-order valence-electron chi connectivity index (χ0n) is 57.7. The quantitative estimate of drug-likeness (QED) is 0.0382. The van der Waals surface area contributed by atoms with E-state index in [2.05, 4.69) is 16.0 Å². The molecule has 0 aliphatic carbocycles. The molecule has 10 amide bonds. The number of carbonyl (C=O) groups is 11. The van der Waals surface area contributed by atoms with E-state index in [1.54, 1.807) is 67.5 Å². The standard InChI is InChI=1S/C64H115N11O13/c1-25-27-28-42(15)55(79)54(75(24)64(88)53(41(13)14)74(23)62(86)49(34-39(9)10)73(22)61(85)48(33-38(7)8)72(21)59(83)44(17)65)58(82)67-45(26-2)60(84)69(18)35-50(76)70(19)46(31-36(3)4)57(81)68-52(40(11)12)63(87)71(20)47(32-37(5)6)56(80)66-43(16)29-30-51(77)78/h25,27,29-30,36-49,52-55,79H,26,28,31-35,65H2,1-24H3,(H,66,80)(H,67,82)(H,68,81)(H,77,78)/b27-25+,30-29+/t42-,43+,44-,45+,46+,47+,48+,49+,52+,53+,54+,55-/m1/s1. The third-order valence-corrected chi connectivity index (χ3v) is 15.9. The summed E-state index contributed by atoms with van der Waals surface area (Å²) in [7, 11) is 10.0. The van der Waals surface area contributed by atoms with Crippen molar-refractivity contribution in [3.63, 3.8) is 0 Å². The topological polar surface area (TPSA) is 313 Å². The lowest BCUT2D eigenvalue weighted by atomic mass is 9.91. The van der Waals surface area contributed by atoms with Crippen molar-refractivity contribution in [3.8, 4) is 0 Å². The van der Waals surface area contributed by atoms with E-state index >= 15 is 4.79 Å². The number of aliphatic carboxylic acids is 1. The van der Waals surface area contributed by atoms with Gasteiger partial charge in [-0.2, -0.15) is 0 Å². The molecule has 0 unspecified atom stereocenters. The molecule has 0 aromatic carbocycles. The molecule has 24 heteroatoms. The van der Waals surface area contributed by atoms with Gasteiger partial charge in [-0.3, -0.25) is 47.9 Å². The Balaban J connectivity index is 7.12. The third-order valence-electron chi connectivity index (χ3n) is 15.9. The Kier molecular flexibility index (Phi) is 35.4. The predicted octanol–water partition coefficient (Wildman–Crippen LogP) is 3.74. The number of amides is 10. The van der Waals surface area contributed by atoms with Crippen LogP contribution in [0, 0.1) is 41.4 Å². The molecule has 504 valence electrons. The first kappa shape index (κ1) is 81.6. The molecule has 0 saturated heterocycles. The summed E-state index contributed by atoms with van der Waals surface area (Å²) in [6, 6.07) is -11.0. The van der Waals surface area contributed by atoms with E-state index < -0.39 is 156 Å². The molecule has 0 bridgehead atoms. The number of likely N-dealkylation sites (N-methyl/N-ethyl adjacent to an activating group) is 7. The molecular formula is C64H115N11O13. The average Bonchev–Trinajstić information content (AvgIpc) is 3.65. The summed E-state index contributed by atoms with van der Waals surface area (Å²) in [5.41, 5.74) is 5.95. The highest BCUT2D eigenvalue weighted by molar-refractivity contribution is 5.98. The second kappa shape index (κ2) is 38.2. The molecule has 12 atom stereocenters. The zero-order valence-corrected chi connectivity index (χ0v) is 57.7. The number of nitrogens with zero attached hydrogens (tertiary/aromatic N) is 7. The second-order valence-electron chi connectivity index (χ2n) is 26.4. The van der Waals surface area contributed by atoms with Gasteiger partial charge in [-0.05, 0) is 101 Å². The molecule has 0 aliphatic heterocycles. The molecule has 88 heavy (non-hydrogen) atoms. The highest BCUT2D eigenvalue weighted by atomic mass is 16.4. The van der Waals surface area contributed by atoms with E-state index in [4.69, 9.17) is 10.8 Å². The van der Waals surface area contributed by atoms with Gasteiger partial charge in [0.05, 0.1) is 18.7 Å². The van der Waals surface area contributed by atoms with Crippen LogP contribution < -0.4 is 21.7 Å². The van der Waals surface area contributed by atoms with Crippen LogP contribution in [0.3, 0.4) is 0 Å². The summed E-state index contributed by atoms with van der Waals surface area (Å²) in [4.78, 5) is 163. The van der Waals surface area contributed by atoms with E-state index in [0.29, 0.717) is 6.42 Å². The maximum absolute atomic E-state index is 15.1. The van der Waals surface area contributed by atoms with Gasteiger partial charge in [0.25, 0.3) is 0 Å². The second-order valence-corrected chi connectivity index (χ2v) is 26.4. The van der Waals surface area contributed by atoms with Crippen LogP contribution in [-0.4, -0.2) is 232 Å². The largest absolute Gasteiger partial charge is 0.478 e. The van der Waals surface area contributed by atoms with Gasteiger partial charge in [-0.15, -0.1) is 0 Å². The Morgan fingerprint density at radius 2 is 0.909 bits per heavy atom. The van der Waals surface area contributed by atoms with Crippen molar-refractivity contribution < 1.29 is 63.0 Å². The number of carboxylic acids is 1. The fourth-order valence-electron chi connectivity index (χ4n) is 10.5. The van der Waals surface area contributed by atoms with Crippen LogP contribution in [0.5, 0.6) is 0 Å². The lowest BCUT2D eigenvalue weighted by Crippen LogP contribution is -2.63. The number of rotatable bonds is 37. The van der Waals surface area contributed by atoms with Crippen molar-refractivity contribution in [1.29, 1.82) is 0 Å². The van der Waals surface area contributed by atoms with Crippen molar-refractivity contribution in [2.45, 2.75) is 223 Å². The summed E-state index contributed by atoms with van der Waals surface area (Å²) in [5.74, 6) is -9.33. The molecule has 0 rings (SSSR count). The number of nitrogens with two attached hydrogens (primary N) is 1. The molecule has 7 N–H and O–H groups in total. The summed E-state index contributed by atoms with van der Waals surface area (Å²) in [5, 5.41) is 29.5. The Bertz CT molecular complexity index is 2390. The Morgan fingerprint density at radius 1 is 0.489 bits per heavy atom. The molecule has 0 aliphatic rings. The molecule has 0 saturated carbocycles. The van der Waals surface area contributed by atoms with Gasteiger partial charge in [-0.1, -0.05) is 115 Å². The molecule has 0 radical (unpaired) electrons. The van der Waals surface area contributed by atoms with E-state index in [9.17, 15) is 53.1 Å². The summed E-state index contributed by atoms with van der Waals surface area (Å²) < 4.78 is 0. The smallest absolute Gasteiger partial charge is 0.328 e. The Morgan fingerprint density at radius 3 is 1.33 bits per heavy atom. The van der Waals surface area contributed by atoms with Crippen LogP contribution in [-0.2, 0) is 52.7 Å². The van der Waals surface area contributed by atoms with Crippen LogP contribution in [0.25, 0.3) is 0 Å². The van der Waals surface area contributed by atoms with E-state index in [0.717, 1.165) is 15.9 Å². The monoisotopic (exact) mass is 1250 g/mol. The summed E-state index contributed by atoms with van der Waals surface area (Å²) in [6.45, 7) is 29.7. The summed E-state index contributed by atoms with van der Waals surface area (Å²) >= 11 is 0. The van der Waals surface area contributed by atoms with Crippen LogP contribution >= 0.6 is 0 Å². The highest BCUT2D eigenvalue weighted by Gasteiger charge is 2.45. The number of hydrogen-bond donors (Lipinski definition) is 6. The molecule has 24 nitrogen and oxygen atoms in total. The maximum Gasteiger partial charge on any atom is 0.328 e. The molecule has 0 aromatic heterocycles. The van der Waals surface area contributed by atoms with E-state index in [-0.39, 0.29) is 55.8 Å². The van der Waals surface area contributed by atoms with Crippen LogP contribution in [0.4, 0.5) is 0 Å². The van der Waals surface area contributed by atoms with Crippen molar-refractivity contribution in [3.05, 3.63) is 24.3 Å². The first-order chi connectivity index (χ1) is 40.5. The van der Waals surface area contributed by atoms with Crippen LogP contribution in [0.2, 0.25) is 0 Å². The minimum atomic E-state index is -1.62. The van der Waals surface area contributed by atoms with Crippen molar-refractivity contribution in [1.82, 2.24) is 50.2 Å². The number of allylic oxidation sites excluding steroid dienone is 2. The highest BCUT2D eigenvalue weighted by Crippen LogP contribution is 2.25. The fourth-order valence-corrected chi connectivity index (χ4v) is 10.5. The van der Waals surface area contributed by atoms with Crippen molar-refractivity contribution in [2.75, 3.05) is 55.9 Å². The van der Waals surface area contributed by atoms with Gasteiger partial charge in [-0.25, -0.2) is 4.79 Å². The zero-order chi connectivity index (χ0) is 68.7. The molecule has 0 heterocycles. The number of aliphatic hydroxyl groups excluding tert-OH is 1. The molecule has 0 spiro atoms. The Hall–Kier alpha value is -6.43. The van der Waals surface area contributed by atoms with Gasteiger partial charge in [0.1, 0.15) is 48.3 Å². The predicted molar refractivity (Wildman–Crippen MR) is 341 cm³/mol. The number of carboxylic acid groups (broad SMARTS) is 1. The number of nitrogens with one attached hydrogen (secondary N) is 3.